The Labute approximate surface area is 135 Å². The van der Waals surface area contributed by atoms with Crippen molar-refractivity contribution in [2.24, 2.45) is 0 Å². The monoisotopic (exact) mass is 312 g/mol. The van der Waals surface area contributed by atoms with Gasteiger partial charge in [-0.25, -0.2) is 0 Å². The summed E-state index contributed by atoms with van der Waals surface area (Å²) in [6, 6.07) is 13.7. The molecular weight excluding hydrogens is 292 g/mol. The van der Waals surface area contributed by atoms with Crippen LogP contribution in [-0.2, 0) is 0 Å². The molecule has 0 atom stereocenters. The first-order valence-electron chi connectivity index (χ1n) is 7.56. The highest BCUT2D eigenvalue weighted by atomic mass is 16.5. The lowest BCUT2D eigenvalue weighted by Crippen LogP contribution is -2.22. The van der Waals surface area contributed by atoms with Crippen LogP contribution in [0.3, 0.4) is 0 Å². The van der Waals surface area contributed by atoms with E-state index in [0.29, 0.717) is 30.0 Å². The van der Waals surface area contributed by atoms with E-state index in [1.807, 2.05) is 13.8 Å². The number of hydrogen-bond acceptors (Lipinski definition) is 3. The maximum absolute atomic E-state index is 12.2. The van der Waals surface area contributed by atoms with Crippen molar-refractivity contribution in [1.29, 1.82) is 0 Å². The van der Waals surface area contributed by atoms with E-state index in [4.69, 9.17) is 4.74 Å². The molecule has 23 heavy (non-hydrogen) atoms. The molecule has 0 saturated heterocycles. The van der Waals surface area contributed by atoms with Crippen LogP contribution in [-0.4, -0.2) is 25.0 Å². The molecule has 5 heteroatoms. The van der Waals surface area contributed by atoms with Crippen LogP contribution in [0.15, 0.2) is 48.5 Å². The Hall–Kier alpha value is -2.82. The number of carbonyl (C=O) groups is 2. The number of anilines is 1. The van der Waals surface area contributed by atoms with Gasteiger partial charge in [-0.1, -0.05) is 0 Å². The highest BCUT2D eigenvalue weighted by Crippen LogP contribution is 2.15. The third kappa shape index (κ3) is 4.57. The zero-order chi connectivity index (χ0) is 16.7. The van der Waals surface area contributed by atoms with Crippen molar-refractivity contribution in [3.63, 3.8) is 0 Å². The van der Waals surface area contributed by atoms with Crippen LogP contribution in [0.5, 0.6) is 5.75 Å². The molecule has 2 aromatic rings. The molecule has 0 radical (unpaired) electrons. The second-order valence-electron chi connectivity index (χ2n) is 4.85. The number of nitrogens with one attached hydrogen (secondary N) is 2. The Morgan fingerprint density at radius 1 is 0.870 bits per heavy atom. The van der Waals surface area contributed by atoms with Gasteiger partial charge in [0, 0.05) is 23.4 Å². The summed E-state index contributed by atoms with van der Waals surface area (Å²) in [6.07, 6.45) is 0. The lowest BCUT2D eigenvalue weighted by Gasteiger charge is -2.08. The van der Waals surface area contributed by atoms with Crippen LogP contribution < -0.4 is 15.4 Å². The summed E-state index contributed by atoms with van der Waals surface area (Å²) in [4.78, 5) is 23.8. The summed E-state index contributed by atoms with van der Waals surface area (Å²) >= 11 is 0. The number of rotatable bonds is 6. The Balaban J connectivity index is 2.00. The molecule has 0 bridgehead atoms. The van der Waals surface area contributed by atoms with Crippen LogP contribution in [0, 0.1) is 0 Å². The van der Waals surface area contributed by atoms with Crippen molar-refractivity contribution >= 4 is 17.5 Å². The van der Waals surface area contributed by atoms with Gasteiger partial charge < -0.3 is 15.4 Å². The van der Waals surface area contributed by atoms with Crippen LogP contribution >= 0.6 is 0 Å². The minimum Gasteiger partial charge on any atom is -0.494 e. The van der Waals surface area contributed by atoms with Gasteiger partial charge in [-0.2, -0.15) is 0 Å². The highest BCUT2D eigenvalue weighted by molar-refractivity contribution is 6.04. The third-order valence-corrected chi connectivity index (χ3v) is 3.17. The van der Waals surface area contributed by atoms with E-state index in [9.17, 15) is 9.59 Å². The van der Waals surface area contributed by atoms with Crippen LogP contribution in [0.4, 0.5) is 5.69 Å². The van der Waals surface area contributed by atoms with Crippen molar-refractivity contribution in [2.75, 3.05) is 18.5 Å². The SMILES string of the molecule is CCNC(=O)c1ccc(NC(=O)c2ccc(OCC)cc2)cc1. The fraction of sp³-hybridized carbons (Fsp3) is 0.222. The van der Waals surface area contributed by atoms with Crippen LogP contribution in [0.2, 0.25) is 0 Å². The molecule has 0 aromatic heterocycles. The average Bonchev–Trinajstić information content (AvgIpc) is 2.56. The third-order valence-electron chi connectivity index (χ3n) is 3.17. The maximum Gasteiger partial charge on any atom is 0.255 e. The minimum absolute atomic E-state index is 0.128. The lowest BCUT2D eigenvalue weighted by molar-refractivity contribution is 0.0955. The molecule has 0 spiro atoms. The molecule has 5 nitrogen and oxygen atoms in total. The van der Waals surface area contributed by atoms with Crippen molar-refractivity contribution in [2.45, 2.75) is 13.8 Å². The first-order valence-corrected chi connectivity index (χ1v) is 7.56. The molecule has 0 fully saturated rings. The maximum atomic E-state index is 12.2. The molecule has 0 heterocycles. The summed E-state index contributed by atoms with van der Waals surface area (Å²) in [5.74, 6) is 0.394. The molecule has 2 N–H and O–H groups in total. The normalized spacial score (nSPS) is 10.0. The second kappa shape index (κ2) is 7.98. The molecule has 0 aliphatic heterocycles. The van der Waals surface area contributed by atoms with E-state index >= 15 is 0 Å². The minimum atomic E-state index is -0.209. The summed E-state index contributed by atoms with van der Waals surface area (Å²) in [5, 5.41) is 5.52. The molecule has 0 saturated carbocycles. The van der Waals surface area contributed by atoms with Crippen molar-refractivity contribution in [3.05, 3.63) is 59.7 Å². The number of ether oxygens (including phenoxy) is 1. The van der Waals surface area contributed by atoms with Gasteiger partial charge in [0.1, 0.15) is 5.75 Å². The molecule has 0 aliphatic carbocycles. The molecule has 0 aliphatic rings. The van der Waals surface area contributed by atoms with Crippen LogP contribution in [0.1, 0.15) is 34.6 Å². The van der Waals surface area contributed by atoms with Gasteiger partial charge in [0.25, 0.3) is 11.8 Å². The van der Waals surface area contributed by atoms with E-state index in [1.54, 1.807) is 48.5 Å². The molecule has 120 valence electrons. The topological polar surface area (TPSA) is 67.4 Å². The molecule has 2 amide bonds. The van der Waals surface area contributed by atoms with E-state index in [0.717, 1.165) is 5.75 Å². The van der Waals surface area contributed by atoms with Crippen LogP contribution in [0.25, 0.3) is 0 Å². The molecule has 2 aromatic carbocycles. The molecule has 2 rings (SSSR count). The molecule has 0 unspecified atom stereocenters. The Bertz CT molecular complexity index is 664. The highest BCUT2D eigenvalue weighted by Gasteiger charge is 2.08. The smallest absolute Gasteiger partial charge is 0.255 e. The van der Waals surface area contributed by atoms with Gasteiger partial charge in [0.15, 0.2) is 0 Å². The number of benzene rings is 2. The predicted octanol–water partition coefficient (Wildman–Crippen LogP) is 3.09. The van der Waals surface area contributed by atoms with Crippen molar-refractivity contribution in [1.82, 2.24) is 5.32 Å². The quantitative estimate of drug-likeness (QED) is 0.861. The Morgan fingerprint density at radius 2 is 1.43 bits per heavy atom. The first kappa shape index (κ1) is 16.5. The van der Waals surface area contributed by atoms with Crippen molar-refractivity contribution in [3.8, 4) is 5.75 Å². The number of amides is 2. The van der Waals surface area contributed by atoms with E-state index in [-0.39, 0.29) is 11.8 Å². The zero-order valence-corrected chi connectivity index (χ0v) is 13.3. The average molecular weight is 312 g/mol. The van der Waals surface area contributed by atoms with Crippen molar-refractivity contribution < 1.29 is 14.3 Å². The zero-order valence-electron chi connectivity index (χ0n) is 13.3. The van der Waals surface area contributed by atoms with E-state index < -0.39 is 0 Å². The van der Waals surface area contributed by atoms with E-state index in [1.165, 1.54) is 0 Å². The fourth-order valence-corrected chi connectivity index (χ4v) is 2.04. The first-order chi connectivity index (χ1) is 11.1. The van der Waals surface area contributed by atoms with Gasteiger partial charge in [-0.15, -0.1) is 0 Å². The summed E-state index contributed by atoms with van der Waals surface area (Å²) in [7, 11) is 0. The summed E-state index contributed by atoms with van der Waals surface area (Å²) in [6.45, 7) is 4.94. The van der Waals surface area contributed by atoms with Gasteiger partial charge in [-0.3, -0.25) is 9.59 Å². The Kier molecular flexibility index (Phi) is 5.74. The standard InChI is InChI=1S/C18H20N2O3/c1-3-19-17(21)13-5-9-15(10-6-13)20-18(22)14-7-11-16(12-8-14)23-4-2/h5-12H,3-4H2,1-2H3,(H,19,21)(H,20,22). The van der Waals surface area contributed by atoms with E-state index in [2.05, 4.69) is 10.6 Å². The van der Waals surface area contributed by atoms with Gasteiger partial charge >= 0.3 is 0 Å². The molecular formula is C18H20N2O3. The predicted molar refractivity (Wildman–Crippen MR) is 90.0 cm³/mol. The summed E-state index contributed by atoms with van der Waals surface area (Å²) in [5.41, 5.74) is 1.74. The van der Waals surface area contributed by atoms with Gasteiger partial charge in [0.05, 0.1) is 6.61 Å². The van der Waals surface area contributed by atoms with Gasteiger partial charge in [-0.05, 0) is 62.4 Å². The number of carbonyl (C=O) groups excluding carboxylic acids is 2. The summed E-state index contributed by atoms with van der Waals surface area (Å²) < 4.78 is 5.34. The fourth-order valence-electron chi connectivity index (χ4n) is 2.04. The van der Waals surface area contributed by atoms with Gasteiger partial charge in [0.2, 0.25) is 0 Å². The number of hydrogen-bond donors (Lipinski definition) is 2. The second-order valence-corrected chi connectivity index (χ2v) is 4.85. The Morgan fingerprint density at radius 3 is 2.00 bits per heavy atom. The largest absolute Gasteiger partial charge is 0.494 e. The lowest BCUT2D eigenvalue weighted by atomic mass is 10.1.